The number of aliphatic carboxylic acids is 2. The maximum atomic E-state index is 10.3. The van der Waals surface area contributed by atoms with Crippen LogP contribution in [0.2, 0.25) is 0 Å². The first-order valence-corrected chi connectivity index (χ1v) is 10.5. The molecule has 166 valence electrons. The molecule has 4 N–H and O–H groups in total. The molecule has 0 radical (unpaired) electrons. The second-order valence-electron chi connectivity index (χ2n) is 6.17. The Morgan fingerprint density at radius 2 is 0.967 bits per heavy atom. The molecular weight excluding hydrogens is 424 g/mol. The highest BCUT2D eigenvalue weighted by atomic mass is 32.1. The zero-order valence-electron chi connectivity index (χ0n) is 16.7. The van der Waals surface area contributed by atoms with Gasteiger partial charge in [-0.2, -0.15) is 25.3 Å². The van der Waals surface area contributed by atoms with Gasteiger partial charge in [-0.15, -0.1) is 0 Å². The lowest BCUT2D eigenvalue weighted by Crippen LogP contribution is -1.98. The molecular formula is C22H30O6S2. The van der Waals surface area contributed by atoms with Crippen LogP contribution in [0.3, 0.4) is 0 Å². The third-order valence-corrected chi connectivity index (χ3v) is 4.84. The summed E-state index contributed by atoms with van der Waals surface area (Å²) in [4.78, 5) is 20.6. The lowest BCUT2D eigenvalue weighted by Gasteiger charge is -2.08. The number of aliphatic hydroxyl groups is 2. The highest BCUT2D eigenvalue weighted by Crippen LogP contribution is 2.25. The molecule has 0 spiro atoms. The predicted molar refractivity (Wildman–Crippen MR) is 124 cm³/mol. The maximum absolute atomic E-state index is 10.3. The summed E-state index contributed by atoms with van der Waals surface area (Å²) >= 11 is 8.66. The highest BCUT2D eigenvalue weighted by molar-refractivity contribution is 7.80. The largest absolute Gasteiger partial charge is 0.481 e. The van der Waals surface area contributed by atoms with E-state index in [2.05, 4.69) is 25.3 Å². The fraction of sp³-hybridized carbons (Fsp3) is 0.364. The summed E-state index contributed by atoms with van der Waals surface area (Å²) in [5.74, 6) is -1.54. The smallest absolute Gasteiger partial charge is 0.303 e. The van der Waals surface area contributed by atoms with Crippen molar-refractivity contribution >= 4 is 37.2 Å². The van der Waals surface area contributed by atoms with Gasteiger partial charge in [0.2, 0.25) is 0 Å². The summed E-state index contributed by atoms with van der Waals surface area (Å²) in [7, 11) is 0. The Hall–Kier alpha value is -2.00. The van der Waals surface area contributed by atoms with E-state index in [0.717, 1.165) is 11.1 Å². The molecule has 2 aromatic rings. The summed E-state index contributed by atoms with van der Waals surface area (Å²) in [5.41, 5.74) is 2.15. The Kier molecular flexibility index (Phi) is 16.6. The number of thiol groups is 2. The van der Waals surface area contributed by atoms with Crippen LogP contribution >= 0.6 is 25.3 Å². The standard InChI is InChI=1S/2C10H12O2S.C2H6O2/c2*11-10(12)7-6-9(13)8-4-2-1-3-5-8;3-1-2-4/h2*1-5,9,13H,6-7H2,(H,11,12);3-4H,1-2H2. The summed E-state index contributed by atoms with van der Waals surface area (Å²) < 4.78 is 0. The third-order valence-electron chi connectivity index (χ3n) is 3.73. The Labute approximate surface area is 188 Å². The maximum Gasteiger partial charge on any atom is 0.303 e. The fourth-order valence-corrected chi connectivity index (χ4v) is 2.81. The third kappa shape index (κ3) is 14.9. The molecule has 0 heterocycles. The summed E-state index contributed by atoms with van der Waals surface area (Å²) in [5, 5.41) is 32.3. The zero-order valence-corrected chi connectivity index (χ0v) is 18.5. The molecule has 0 saturated heterocycles. The van der Waals surface area contributed by atoms with Crippen LogP contribution in [-0.4, -0.2) is 45.6 Å². The van der Waals surface area contributed by atoms with Crippen LogP contribution in [0.5, 0.6) is 0 Å². The summed E-state index contributed by atoms with van der Waals surface area (Å²) in [6.45, 7) is -0.250. The lowest BCUT2D eigenvalue weighted by molar-refractivity contribution is -0.138. The van der Waals surface area contributed by atoms with E-state index in [0.29, 0.717) is 12.8 Å². The molecule has 6 nitrogen and oxygen atoms in total. The molecule has 2 unspecified atom stereocenters. The van der Waals surface area contributed by atoms with Crippen molar-refractivity contribution in [3.8, 4) is 0 Å². The van der Waals surface area contributed by atoms with Gasteiger partial charge >= 0.3 is 11.9 Å². The minimum absolute atomic E-state index is 0.0253. The Balaban J connectivity index is 0.000000477. The molecule has 0 amide bonds. The van der Waals surface area contributed by atoms with Gasteiger partial charge in [0.15, 0.2) is 0 Å². The number of aliphatic hydroxyl groups excluding tert-OH is 2. The first-order chi connectivity index (χ1) is 14.3. The number of hydrogen-bond donors (Lipinski definition) is 6. The van der Waals surface area contributed by atoms with Gasteiger partial charge in [-0.1, -0.05) is 60.7 Å². The Bertz CT molecular complexity index is 636. The van der Waals surface area contributed by atoms with Crippen molar-refractivity contribution in [2.24, 2.45) is 0 Å². The zero-order chi connectivity index (χ0) is 22.8. The van der Waals surface area contributed by atoms with Gasteiger partial charge in [0, 0.05) is 23.3 Å². The molecule has 0 saturated carbocycles. The topological polar surface area (TPSA) is 115 Å². The number of hydrogen-bond acceptors (Lipinski definition) is 6. The van der Waals surface area contributed by atoms with Crippen LogP contribution in [0.4, 0.5) is 0 Å². The van der Waals surface area contributed by atoms with Crippen molar-refractivity contribution in [3.05, 3.63) is 71.8 Å². The van der Waals surface area contributed by atoms with E-state index < -0.39 is 11.9 Å². The molecule has 0 fully saturated rings. The van der Waals surface area contributed by atoms with Crippen molar-refractivity contribution in [2.75, 3.05) is 13.2 Å². The van der Waals surface area contributed by atoms with Crippen LogP contribution < -0.4 is 0 Å². The number of carboxylic acid groups (broad SMARTS) is 2. The molecule has 2 atom stereocenters. The molecule has 2 aromatic carbocycles. The normalized spacial score (nSPS) is 11.7. The first-order valence-electron chi connectivity index (χ1n) is 9.43. The van der Waals surface area contributed by atoms with Crippen molar-refractivity contribution in [1.82, 2.24) is 0 Å². The molecule has 0 aromatic heterocycles. The quantitative estimate of drug-likeness (QED) is 0.319. The van der Waals surface area contributed by atoms with Gasteiger partial charge in [0.1, 0.15) is 0 Å². The molecule has 8 heteroatoms. The first kappa shape index (κ1) is 28.0. The van der Waals surface area contributed by atoms with E-state index in [1.807, 2.05) is 60.7 Å². The average molecular weight is 455 g/mol. The number of carbonyl (C=O) groups is 2. The summed E-state index contributed by atoms with van der Waals surface area (Å²) in [6.07, 6.45) is 1.48. The van der Waals surface area contributed by atoms with E-state index in [-0.39, 0.29) is 36.6 Å². The van der Waals surface area contributed by atoms with E-state index in [9.17, 15) is 9.59 Å². The lowest BCUT2D eigenvalue weighted by atomic mass is 10.1. The number of benzene rings is 2. The van der Waals surface area contributed by atoms with Crippen LogP contribution in [0, 0.1) is 0 Å². The molecule has 30 heavy (non-hydrogen) atoms. The van der Waals surface area contributed by atoms with E-state index >= 15 is 0 Å². The second kappa shape index (κ2) is 17.8. The Morgan fingerprint density at radius 1 is 0.667 bits per heavy atom. The SMILES string of the molecule is O=C(O)CCC(S)c1ccccc1.O=C(O)CCC(S)c1ccccc1.OCCO. The number of rotatable bonds is 9. The second-order valence-corrected chi connectivity index (χ2v) is 7.41. The van der Waals surface area contributed by atoms with Crippen LogP contribution in [-0.2, 0) is 9.59 Å². The minimum atomic E-state index is -0.769. The van der Waals surface area contributed by atoms with Crippen molar-refractivity contribution in [2.45, 2.75) is 36.2 Å². The van der Waals surface area contributed by atoms with Crippen molar-refractivity contribution in [1.29, 1.82) is 0 Å². The van der Waals surface area contributed by atoms with Crippen molar-refractivity contribution in [3.63, 3.8) is 0 Å². The number of carboxylic acids is 2. The van der Waals surface area contributed by atoms with Gasteiger partial charge in [-0.3, -0.25) is 9.59 Å². The van der Waals surface area contributed by atoms with Gasteiger partial charge in [-0.25, -0.2) is 0 Å². The van der Waals surface area contributed by atoms with Gasteiger partial charge in [-0.05, 0) is 24.0 Å². The van der Waals surface area contributed by atoms with Crippen molar-refractivity contribution < 1.29 is 30.0 Å². The van der Waals surface area contributed by atoms with Gasteiger partial charge < -0.3 is 20.4 Å². The van der Waals surface area contributed by atoms with Crippen LogP contribution in [0.25, 0.3) is 0 Å². The van der Waals surface area contributed by atoms with E-state index in [4.69, 9.17) is 20.4 Å². The highest BCUT2D eigenvalue weighted by Gasteiger charge is 2.08. The molecule has 0 bridgehead atoms. The predicted octanol–water partition coefficient (Wildman–Crippen LogP) is 4.02. The minimum Gasteiger partial charge on any atom is -0.481 e. The molecule has 0 aliphatic carbocycles. The van der Waals surface area contributed by atoms with E-state index in [1.54, 1.807) is 0 Å². The molecule has 2 rings (SSSR count). The molecule has 0 aliphatic rings. The van der Waals surface area contributed by atoms with Crippen LogP contribution in [0.15, 0.2) is 60.7 Å². The monoisotopic (exact) mass is 454 g/mol. The molecule has 0 aliphatic heterocycles. The summed E-state index contributed by atoms with van der Waals surface area (Å²) in [6, 6.07) is 19.4. The Morgan fingerprint density at radius 3 is 1.20 bits per heavy atom. The van der Waals surface area contributed by atoms with Gasteiger partial charge in [0.25, 0.3) is 0 Å². The van der Waals surface area contributed by atoms with Gasteiger partial charge in [0.05, 0.1) is 13.2 Å². The average Bonchev–Trinajstić information content (AvgIpc) is 2.77. The van der Waals surface area contributed by atoms with E-state index in [1.165, 1.54) is 0 Å². The fourth-order valence-electron chi connectivity index (χ4n) is 2.20. The van der Waals surface area contributed by atoms with Crippen LogP contribution in [0.1, 0.15) is 47.3 Å².